The molecule has 1 fully saturated rings. The maximum atomic E-state index is 12.0. The standard InChI is InChI=1S/C15H17N3O3/c19-13-6-5-10(9-17-13)15(20)16-8-7-14-18-11-3-1-2-4-12(11)21-14/h1-4,10H,5-9H2,(H,16,20)(H,17,19). The third-order valence-electron chi connectivity index (χ3n) is 3.61. The number of aromatic nitrogens is 1. The summed E-state index contributed by atoms with van der Waals surface area (Å²) in [4.78, 5) is 27.4. The highest BCUT2D eigenvalue weighted by Gasteiger charge is 2.24. The molecule has 2 N–H and O–H groups in total. The van der Waals surface area contributed by atoms with E-state index in [2.05, 4.69) is 15.6 Å². The van der Waals surface area contributed by atoms with Crippen LogP contribution in [0.5, 0.6) is 0 Å². The number of benzene rings is 1. The fraction of sp³-hybridized carbons (Fsp3) is 0.400. The van der Waals surface area contributed by atoms with Crippen molar-refractivity contribution in [3.8, 4) is 0 Å². The molecule has 0 bridgehead atoms. The molecule has 1 aliphatic rings. The molecule has 2 amide bonds. The van der Waals surface area contributed by atoms with Crippen LogP contribution in [0.15, 0.2) is 28.7 Å². The van der Waals surface area contributed by atoms with Crippen LogP contribution in [0.25, 0.3) is 11.1 Å². The van der Waals surface area contributed by atoms with Crippen LogP contribution in [0.3, 0.4) is 0 Å². The molecule has 0 saturated carbocycles. The van der Waals surface area contributed by atoms with Crippen LogP contribution in [0.4, 0.5) is 0 Å². The Balaban J connectivity index is 1.49. The van der Waals surface area contributed by atoms with Crippen molar-refractivity contribution in [2.45, 2.75) is 19.3 Å². The molecule has 0 spiro atoms. The summed E-state index contributed by atoms with van der Waals surface area (Å²) in [5.41, 5.74) is 1.59. The van der Waals surface area contributed by atoms with Crippen LogP contribution < -0.4 is 10.6 Å². The fourth-order valence-electron chi connectivity index (χ4n) is 2.42. The van der Waals surface area contributed by atoms with Crippen molar-refractivity contribution in [1.29, 1.82) is 0 Å². The zero-order chi connectivity index (χ0) is 14.7. The molecule has 110 valence electrons. The average Bonchev–Trinajstić information content (AvgIpc) is 2.90. The van der Waals surface area contributed by atoms with Gasteiger partial charge in [0.05, 0.1) is 5.92 Å². The molecule has 1 aliphatic heterocycles. The van der Waals surface area contributed by atoms with Gasteiger partial charge in [0, 0.05) is 25.9 Å². The van der Waals surface area contributed by atoms with Crippen LogP contribution in [0.1, 0.15) is 18.7 Å². The highest BCUT2D eigenvalue weighted by Crippen LogP contribution is 2.15. The number of carbonyl (C=O) groups excluding carboxylic acids is 2. The van der Waals surface area contributed by atoms with E-state index in [0.717, 1.165) is 11.1 Å². The van der Waals surface area contributed by atoms with Gasteiger partial charge in [-0.1, -0.05) is 12.1 Å². The lowest BCUT2D eigenvalue weighted by Crippen LogP contribution is -2.43. The Morgan fingerprint density at radius 3 is 3.05 bits per heavy atom. The van der Waals surface area contributed by atoms with E-state index < -0.39 is 0 Å². The smallest absolute Gasteiger partial charge is 0.224 e. The number of oxazole rings is 1. The van der Waals surface area contributed by atoms with Crippen molar-refractivity contribution in [2.24, 2.45) is 5.92 Å². The molecule has 21 heavy (non-hydrogen) atoms. The zero-order valence-corrected chi connectivity index (χ0v) is 11.6. The molecular weight excluding hydrogens is 270 g/mol. The van der Waals surface area contributed by atoms with Crippen LogP contribution in [0.2, 0.25) is 0 Å². The number of hydrogen-bond donors (Lipinski definition) is 2. The minimum absolute atomic E-state index is 0.0190. The molecular formula is C15H17N3O3. The van der Waals surface area contributed by atoms with E-state index in [1.54, 1.807) is 0 Å². The lowest BCUT2D eigenvalue weighted by Gasteiger charge is -2.21. The number of para-hydroxylation sites is 2. The summed E-state index contributed by atoms with van der Waals surface area (Å²) in [6.07, 6.45) is 1.59. The molecule has 1 unspecified atom stereocenters. The second-order valence-electron chi connectivity index (χ2n) is 5.16. The van der Waals surface area contributed by atoms with Crippen LogP contribution in [0, 0.1) is 5.92 Å². The van der Waals surface area contributed by atoms with Gasteiger partial charge in [0.1, 0.15) is 5.52 Å². The average molecular weight is 287 g/mol. The van der Waals surface area contributed by atoms with Crippen molar-refractivity contribution < 1.29 is 14.0 Å². The number of amides is 2. The zero-order valence-electron chi connectivity index (χ0n) is 11.6. The molecule has 0 radical (unpaired) electrons. The minimum Gasteiger partial charge on any atom is -0.441 e. The molecule has 2 heterocycles. The van der Waals surface area contributed by atoms with Crippen LogP contribution in [-0.2, 0) is 16.0 Å². The molecule has 6 heteroatoms. The number of nitrogens with one attached hydrogen (secondary N) is 2. The van der Waals surface area contributed by atoms with Gasteiger partial charge in [-0.3, -0.25) is 9.59 Å². The lowest BCUT2D eigenvalue weighted by molar-refractivity contribution is -0.128. The molecule has 6 nitrogen and oxygen atoms in total. The van der Waals surface area contributed by atoms with Crippen molar-refractivity contribution in [1.82, 2.24) is 15.6 Å². The summed E-state index contributed by atoms with van der Waals surface area (Å²) >= 11 is 0. The highest BCUT2D eigenvalue weighted by molar-refractivity contribution is 5.83. The normalized spacial score (nSPS) is 18.5. The molecule has 0 aliphatic carbocycles. The first kappa shape index (κ1) is 13.6. The SMILES string of the molecule is O=C1CCC(C(=O)NCCc2nc3ccccc3o2)CN1. The van der Waals surface area contributed by atoms with E-state index in [1.165, 1.54) is 0 Å². The van der Waals surface area contributed by atoms with Crippen LogP contribution in [-0.4, -0.2) is 29.9 Å². The van der Waals surface area contributed by atoms with Gasteiger partial charge in [0.2, 0.25) is 11.8 Å². The van der Waals surface area contributed by atoms with Crippen molar-refractivity contribution >= 4 is 22.9 Å². The van der Waals surface area contributed by atoms with Gasteiger partial charge in [-0.2, -0.15) is 0 Å². The fourth-order valence-corrected chi connectivity index (χ4v) is 2.42. The summed E-state index contributed by atoms with van der Waals surface area (Å²) in [5.74, 6) is 0.483. The Bertz CT molecular complexity index is 622. The summed E-state index contributed by atoms with van der Waals surface area (Å²) < 4.78 is 5.59. The predicted octanol–water partition coefficient (Wildman–Crippen LogP) is 1.01. The summed E-state index contributed by atoms with van der Waals surface area (Å²) in [7, 11) is 0. The topological polar surface area (TPSA) is 84.2 Å². The number of hydrogen-bond acceptors (Lipinski definition) is 4. The van der Waals surface area contributed by atoms with Gasteiger partial charge >= 0.3 is 0 Å². The molecule has 1 aromatic heterocycles. The number of fused-ring (bicyclic) bond motifs is 1. The Morgan fingerprint density at radius 2 is 2.29 bits per heavy atom. The van der Waals surface area contributed by atoms with Crippen LogP contribution >= 0.6 is 0 Å². The summed E-state index contributed by atoms with van der Waals surface area (Å²) in [6, 6.07) is 7.57. The lowest BCUT2D eigenvalue weighted by atomic mass is 9.98. The first-order valence-electron chi connectivity index (χ1n) is 7.11. The van der Waals surface area contributed by atoms with E-state index in [9.17, 15) is 9.59 Å². The first-order valence-corrected chi connectivity index (χ1v) is 7.11. The van der Waals surface area contributed by atoms with Gasteiger partial charge in [-0.15, -0.1) is 0 Å². The van der Waals surface area contributed by atoms with E-state index >= 15 is 0 Å². The second kappa shape index (κ2) is 5.95. The quantitative estimate of drug-likeness (QED) is 0.879. The molecule has 1 atom stereocenters. The largest absolute Gasteiger partial charge is 0.441 e. The Labute approximate surface area is 121 Å². The molecule has 2 aromatic rings. The number of rotatable bonds is 4. The maximum Gasteiger partial charge on any atom is 0.224 e. The number of piperidine rings is 1. The Kier molecular flexibility index (Phi) is 3.85. The van der Waals surface area contributed by atoms with E-state index in [4.69, 9.17) is 4.42 Å². The third-order valence-corrected chi connectivity index (χ3v) is 3.61. The van der Waals surface area contributed by atoms with Crippen molar-refractivity contribution in [3.05, 3.63) is 30.2 Å². The maximum absolute atomic E-state index is 12.0. The number of nitrogens with zero attached hydrogens (tertiary/aromatic N) is 1. The Morgan fingerprint density at radius 1 is 1.43 bits per heavy atom. The van der Waals surface area contributed by atoms with Crippen molar-refractivity contribution in [3.63, 3.8) is 0 Å². The van der Waals surface area contributed by atoms with E-state index in [0.29, 0.717) is 38.2 Å². The molecule has 1 saturated heterocycles. The van der Waals surface area contributed by atoms with Gasteiger partial charge in [0.15, 0.2) is 11.5 Å². The first-order chi connectivity index (χ1) is 10.2. The van der Waals surface area contributed by atoms with Gasteiger partial charge < -0.3 is 15.1 Å². The van der Waals surface area contributed by atoms with Gasteiger partial charge in [-0.25, -0.2) is 4.98 Å². The van der Waals surface area contributed by atoms with Gasteiger partial charge in [-0.05, 0) is 18.6 Å². The second-order valence-corrected chi connectivity index (χ2v) is 5.16. The van der Waals surface area contributed by atoms with Crippen molar-refractivity contribution in [2.75, 3.05) is 13.1 Å². The molecule has 1 aromatic carbocycles. The summed E-state index contributed by atoms with van der Waals surface area (Å²) in [5, 5.41) is 5.58. The Hall–Kier alpha value is -2.37. The highest BCUT2D eigenvalue weighted by atomic mass is 16.3. The predicted molar refractivity (Wildman–Crippen MR) is 76.5 cm³/mol. The minimum atomic E-state index is -0.133. The number of carbonyl (C=O) groups is 2. The monoisotopic (exact) mass is 287 g/mol. The molecule has 3 rings (SSSR count). The third kappa shape index (κ3) is 3.21. The van der Waals surface area contributed by atoms with E-state index in [1.807, 2.05) is 24.3 Å². The summed E-state index contributed by atoms with van der Waals surface area (Å²) in [6.45, 7) is 0.906. The van der Waals surface area contributed by atoms with Gasteiger partial charge in [0.25, 0.3) is 0 Å². The van der Waals surface area contributed by atoms with E-state index in [-0.39, 0.29) is 17.7 Å².